The van der Waals surface area contributed by atoms with Crippen molar-refractivity contribution in [1.29, 1.82) is 0 Å². The zero-order valence-electron chi connectivity index (χ0n) is 17.1. The van der Waals surface area contributed by atoms with Crippen molar-refractivity contribution in [1.82, 2.24) is 19.7 Å². The third-order valence-corrected chi connectivity index (χ3v) is 5.87. The number of hydrogen-bond acceptors (Lipinski definition) is 6. The highest BCUT2D eigenvalue weighted by Crippen LogP contribution is 2.29. The van der Waals surface area contributed by atoms with E-state index in [4.69, 9.17) is 4.74 Å². The van der Waals surface area contributed by atoms with E-state index < -0.39 is 11.2 Å². The van der Waals surface area contributed by atoms with Gasteiger partial charge in [0.2, 0.25) is 0 Å². The molecule has 152 valence electrons. The molecule has 0 spiro atoms. The van der Waals surface area contributed by atoms with E-state index in [1.165, 1.54) is 18.9 Å². The molecule has 0 saturated carbocycles. The highest BCUT2D eigenvalue weighted by molar-refractivity contribution is 8.00. The van der Waals surface area contributed by atoms with Crippen LogP contribution >= 0.6 is 11.8 Å². The molecular weight excluding hydrogens is 388 g/mol. The van der Waals surface area contributed by atoms with E-state index in [1.54, 1.807) is 13.8 Å². The lowest BCUT2D eigenvalue weighted by atomic mass is 10.1. The van der Waals surface area contributed by atoms with Gasteiger partial charge in [-0.05, 0) is 33.3 Å². The fraction of sp³-hybridized carbons (Fsp3) is 0.333. The summed E-state index contributed by atoms with van der Waals surface area (Å²) in [5.74, 6) is 0.224. The number of nitrogens with zero attached hydrogens (tertiary/aromatic N) is 3. The molecule has 1 atom stereocenters. The number of ketones is 1. The molecular formula is C21H24N4O3S. The summed E-state index contributed by atoms with van der Waals surface area (Å²) in [5.41, 5.74) is 3.04. The van der Waals surface area contributed by atoms with Crippen molar-refractivity contribution in [2.75, 3.05) is 7.11 Å². The van der Waals surface area contributed by atoms with Crippen molar-refractivity contribution >= 4 is 23.5 Å². The van der Waals surface area contributed by atoms with Gasteiger partial charge in [-0.15, -0.1) is 10.2 Å². The summed E-state index contributed by atoms with van der Waals surface area (Å²) in [6.07, 6.45) is 0. The van der Waals surface area contributed by atoms with Gasteiger partial charge in [0.05, 0.1) is 23.6 Å². The Morgan fingerprint density at radius 2 is 1.90 bits per heavy atom. The van der Waals surface area contributed by atoms with E-state index in [-0.39, 0.29) is 5.78 Å². The highest BCUT2D eigenvalue weighted by Gasteiger charge is 2.27. The van der Waals surface area contributed by atoms with Crippen LogP contribution in [0.3, 0.4) is 0 Å². The van der Waals surface area contributed by atoms with E-state index in [0.717, 1.165) is 11.4 Å². The minimum atomic E-state index is -0.450. The fourth-order valence-corrected chi connectivity index (χ4v) is 4.25. The van der Waals surface area contributed by atoms with E-state index in [9.17, 15) is 9.59 Å². The molecule has 1 N–H and O–H groups in total. The third-order valence-electron chi connectivity index (χ3n) is 4.79. The molecule has 29 heavy (non-hydrogen) atoms. The average molecular weight is 413 g/mol. The van der Waals surface area contributed by atoms with E-state index >= 15 is 0 Å². The van der Waals surface area contributed by atoms with Crippen molar-refractivity contribution < 1.29 is 14.3 Å². The number of hydrogen-bond donors (Lipinski definition) is 1. The summed E-state index contributed by atoms with van der Waals surface area (Å²) in [6.45, 7) is 8.05. The second-order valence-electron chi connectivity index (χ2n) is 6.66. The molecule has 1 aromatic carbocycles. The van der Waals surface area contributed by atoms with Crippen LogP contribution in [-0.4, -0.2) is 43.9 Å². The number of carbonyl (C=O) groups is 2. The SMILES string of the molecule is CCn1c(SC(C)C(=O)c2[nH]c(C)c(C(=O)OC)c2C)nnc1-c1ccccc1. The van der Waals surface area contributed by atoms with E-state index in [0.29, 0.717) is 34.2 Å². The van der Waals surface area contributed by atoms with Crippen LogP contribution in [0.15, 0.2) is 35.5 Å². The smallest absolute Gasteiger partial charge is 0.339 e. The van der Waals surface area contributed by atoms with Crippen molar-refractivity contribution in [3.05, 3.63) is 52.8 Å². The molecule has 0 radical (unpaired) electrons. The first-order valence-corrected chi connectivity index (χ1v) is 10.2. The monoisotopic (exact) mass is 412 g/mol. The first kappa shape index (κ1) is 20.9. The molecule has 2 heterocycles. The number of H-pyrrole nitrogens is 1. The standard InChI is InChI=1S/C21H24N4O3S/c1-6-25-19(15-10-8-7-9-11-15)23-24-21(25)29-14(4)18(26)17-12(2)16(13(3)22-17)20(27)28-5/h7-11,14,22H,6H2,1-5H3. The molecule has 0 aliphatic carbocycles. The van der Waals surface area contributed by atoms with E-state index in [2.05, 4.69) is 15.2 Å². The van der Waals surface area contributed by atoms with E-state index in [1.807, 2.05) is 48.7 Å². The molecule has 0 aliphatic rings. The number of methoxy groups -OCH3 is 1. The van der Waals surface area contributed by atoms with Gasteiger partial charge in [-0.2, -0.15) is 0 Å². The topological polar surface area (TPSA) is 89.9 Å². The van der Waals surface area contributed by atoms with Gasteiger partial charge in [-0.3, -0.25) is 4.79 Å². The normalized spacial score (nSPS) is 12.0. The number of carbonyl (C=O) groups excluding carboxylic acids is 2. The van der Waals surface area contributed by atoms with Crippen molar-refractivity contribution in [2.24, 2.45) is 0 Å². The molecule has 1 unspecified atom stereocenters. The van der Waals surface area contributed by atoms with Crippen molar-refractivity contribution in [3.63, 3.8) is 0 Å². The number of esters is 1. The maximum absolute atomic E-state index is 13.1. The molecule has 3 rings (SSSR count). The highest BCUT2D eigenvalue weighted by atomic mass is 32.2. The number of aryl methyl sites for hydroxylation is 1. The van der Waals surface area contributed by atoms with Gasteiger partial charge in [0, 0.05) is 17.8 Å². The largest absolute Gasteiger partial charge is 0.465 e. The lowest BCUT2D eigenvalue weighted by Gasteiger charge is -2.11. The minimum Gasteiger partial charge on any atom is -0.465 e. The summed E-state index contributed by atoms with van der Waals surface area (Å²) in [7, 11) is 1.33. The van der Waals surface area contributed by atoms with Gasteiger partial charge in [-0.25, -0.2) is 4.79 Å². The minimum absolute atomic E-state index is 0.0994. The maximum atomic E-state index is 13.1. The molecule has 8 heteroatoms. The number of thioether (sulfide) groups is 1. The summed E-state index contributed by atoms with van der Waals surface area (Å²) in [6, 6.07) is 9.84. The molecule has 0 bridgehead atoms. The molecule has 0 aliphatic heterocycles. The van der Waals surface area contributed by atoms with Gasteiger partial charge in [0.1, 0.15) is 0 Å². The third kappa shape index (κ3) is 3.98. The second-order valence-corrected chi connectivity index (χ2v) is 7.97. The molecule has 0 fully saturated rings. The molecule has 3 aromatic rings. The number of ether oxygens (including phenoxy) is 1. The Morgan fingerprint density at radius 3 is 2.52 bits per heavy atom. The molecule has 2 aromatic heterocycles. The summed E-state index contributed by atoms with van der Waals surface area (Å²) >= 11 is 1.35. The first-order chi connectivity index (χ1) is 13.9. The van der Waals surface area contributed by atoms with Gasteiger partial charge < -0.3 is 14.3 Å². The van der Waals surface area contributed by atoms with Crippen molar-refractivity contribution in [3.8, 4) is 11.4 Å². The average Bonchev–Trinajstić information content (AvgIpc) is 3.27. The van der Waals surface area contributed by atoms with Crippen LogP contribution in [-0.2, 0) is 11.3 Å². The van der Waals surface area contributed by atoms with Crippen LogP contribution in [0.25, 0.3) is 11.4 Å². The molecule has 7 nitrogen and oxygen atoms in total. The van der Waals surface area contributed by atoms with Gasteiger partial charge in [0.25, 0.3) is 0 Å². The fourth-order valence-electron chi connectivity index (χ4n) is 3.28. The summed E-state index contributed by atoms with van der Waals surface area (Å²) in [4.78, 5) is 28.1. The Kier molecular flexibility index (Phi) is 6.22. The molecule has 0 amide bonds. The number of benzene rings is 1. The van der Waals surface area contributed by atoms with Crippen LogP contribution in [0.2, 0.25) is 0 Å². The number of Topliss-reactive ketones (excluding diaryl/α,β-unsaturated/α-hetero) is 1. The lowest BCUT2D eigenvalue weighted by Crippen LogP contribution is -2.16. The van der Waals surface area contributed by atoms with Crippen molar-refractivity contribution in [2.45, 2.75) is 44.6 Å². The summed E-state index contributed by atoms with van der Waals surface area (Å²) < 4.78 is 6.82. The zero-order valence-corrected chi connectivity index (χ0v) is 18.0. The van der Waals surface area contributed by atoms with Crippen LogP contribution in [0.5, 0.6) is 0 Å². The van der Waals surface area contributed by atoms with Gasteiger partial charge >= 0.3 is 5.97 Å². The molecule has 0 saturated heterocycles. The Morgan fingerprint density at radius 1 is 1.21 bits per heavy atom. The number of aromatic amines is 1. The number of nitrogens with one attached hydrogen (secondary N) is 1. The lowest BCUT2D eigenvalue weighted by molar-refractivity contribution is 0.0599. The van der Waals surface area contributed by atoms with Crippen LogP contribution < -0.4 is 0 Å². The Labute approximate surface area is 173 Å². The quantitative estimate of drug-likeness (QED) is 0.358. The maximum Gasteiger partial charge on any atom is 0.339 e. The van der Waals surface area contributed by atoms with Gasteiger partial charge in [-0.1, -0.05) is 42.1 Å². The number of aromatic nitrogens is 4. The predicted octanol–water partition coefficient (Wildman–Crippen LogP) is 4.06. The summed E-state index contributed by atoms with van der Waals surface area (Å²) in [5, 5.41) is 8.90. The Hall–Kier alpha value is -2.87. The van der Waals surface area contributed by atoms with Crippen LogP contribution in [0.1, 0.15) is 46.0 Å². The predicted molar refractivity (Wildman–Crippen MR) is 112 cm³/mol. The first-order valence-electron chi connectivity index (χ1n) is 9.35. The zero-order chi connectivity index (χ0) is 21.1. The number of rotatable bonds is 7. The van der Waals surface area contributed by atoms with Gasteiger partial charge in [0.15, 0.2) is 16.8 Å². The van der Waals surface area contributed by atoms with Crippen LogP contribution in [0, 0.1) is 13.8 Å². The Balaban J connectivity index is 1.86. The Bertz CT molecular complexity index is 1040. The van der Waals surface area contributed by atoms with Crippen LogP contribution in [0.4, 0.5) is 0 Å². The second kappa shape index (κ2) is 8.65.